The molecule has 9 heteroatoms. The van der Waals surface area contributed by atoms with Gasteiger partial charge in [-0.05, 0) is 56.2 Å². The van der Waals surface area contributed by atoms with Crippen LogP contribution < -0.4 is 5.56 Å². The van der Waals surface area contributed by atoms with E-state index in [1.807, 2.05) is 39.0 Å². The average Bonchev–Trinajstić information content (AvgIpc) is 3.12. The smallest absolute Gasteiger partial charge is 0.263 e. The minimum absolute atomic E-state index is 0.103. The number of aromatic nitrogens is 3. The van der Waals surface area contributed by atoms with E-state index in [4.69, 9.17) is 4.98 Å². The third kappa shape index (κ3) is 5.20. The fourth-order valence-corrected chi connectivity index (χ4v) is 5.63. The highest BCUT2D eigenvalue weighted by atomic mass is 32.2. The third-order valence-electron chi connectivity index (χ3n) is 5.62. The molecule has 0 N–H and O–H groups in total. The summed E-state index contributed by atoms with van der Waals surface area (Å²) < 4.78 is 15.2. The van der Waals surface area contributed by atoms with Crippen molar-refractivity contribution in [2.75, 3.05) is 12.3 Å². The molecule has 4 rings (SSSR count). The fourth-order valence-electron chi connectivity index (χ4n) is 3.66. The molecule has 0 radical (unpaired) electrons. The lowest BCUT2D eigenvalue weighted by atomic mass is 10.2. The summed E-state index contributed by atoms with van der Waals surface area (Å²) in [5.74, 6) is -0.311. The Labute approximate surface area is 205 Å². The van der Waals surface area contributed by atoms with Crippen LogP contribution in [0.15, 0.2) is 58.6 Å². The van der Waals surface area contributed by atoms with Crippen LogP contribution in [0.5, 0.6) is 0 Å². The van der Waals surface area contributed by atoms with Crippen molar-refractivity contribution < 1.29 is 9.18 Å². The number of hydrogen-bond acceptors (Lipinski definition) is 6. The summed E-state index contributed by atoms with van der Waals surface area (Å²) in [5.41, 5.74) is 2.29. The van der Waals surface area contributed by atoms with Gasteiger partial charge in [-0.25, -0.2) is 9.37 Å². The van der Waals surface area contributed by atoms with Crippen molar-refractivity contribution in [1.29, 1.82) is 0 Å². The van der Waals surface area contributed by atoms with E-state index in [9.17, 15) is 14.0 Å². The summed E-state index contributed by atoms with van der Waals surface area (Å²) in [6.45, 7) is 6.89. The number of thiophene rings is 1. The van der Waals surface area contributed by atoms with Crippen LogP contribution in [0, 0.1) is 19.7 Å². The van der Waals surface area contributed by atoms with Crippen molar-refractivity contribution >= 4 is 39.2 Å². The molecule has 34 heavy (non-hydrogen) atoms. The Bertz CT molecular complexity index is 1390. The molecule has 0 aliphatic heterocycles. The first-order valence-electron chi connectivity index (χ1n) is 10.9. The summed E-state index contributed by atoms with van der Waals surface area (Å²) >= 11 is 2.73. The molecule has 0 bridgehead atoms. The Balaban J connectivity index is 1.61. The van der Waals surface area contributed by atoms with Crippen molar-refractivity contribution in [1.82, 2.24) is 19.4 Å². The number of halogens is 1. The molecule has 0 atom stereocenters. The number of nitrogens with zero attached hydrogens (tertiary/aromatic N) is 4. The Kier molecular flexibility index (Phi) is 7.43. The minimum Gasteiger partial charge on any atom is -0.338 e. The van der Waals surface area contributed by atoms with Crippen LogP contribution in [0.25, 0.3) is 10.2 Å². The van der Waals surface area contributed by atoms with Gasteiger partial charge in [-0.3, -0.25) is 19.1 Å². The second-order valence-electron chi connectivity index (χ2n) is 7.90. The largest absolute Gasteiger partial charge is 0.338 e. The molecule has 3 heterocycles. The van der Waals surface area contributed by atoms with Crippen molar-refractivity contribution in [3.05, 3.63) is 86.5 Å². The van der Waals surface area contributed by atoms with Crippen molar-refractivity contribution in [2.24, 2.45) is 0 Å². The highest BCUT2D eigenvalue weighted by Crippen LogP contribution is 2.28. The van der Waals surface area contributed by atoms with Crippen LogP contribution >= 0.6 is 23.1 Å². The Hall–Kier alpha value is -3.04. The van der Waals surface area contributed by atoms with Gasteiger partial charge in [0.25, 0.3) is 5.56 Å². The van der Waals surface area contributed by atoms with Crippen molar-refractivity contribution in [3.63, 3.8) is 0 Å². The van der Waals surface area contributed by atoms with E-state index >= 15 is 0 Å². The number of carbonyl (C=O) groups excluding carboxylic acids is 1. The lowest BCUT2D eigenvalue weighted by Gasteiger charge is -2.21. The summed E-state index contributed by atoms with van der Waals surface area (Å²) in [6.07, 6.45) is 1.69. The lowest BCUT2D eigenvalue weighted by Crippen LogP contribution is -2.32. The molecule has 0 saturated carbocycles. The van der Waals surface area contributed by atoms with Gasteiger partial charge in [0.2, 0.25) is 5.91 Å². The summed E-state index contributed by atoms with van der Waals surface area (Å²) in [5, 5.41) is 1.11. The van der Waals surface area contributed by atoms with Gasteiger partial charge in [0.15, 0.2) is 5.16 Å². The summed E-state index contributed by atoms with van der Waals surface area (Å²) in [4.78, 5) is 39.0. The van der Waals surface area contributed by atoms with Gasteiger partial charge in [-0.15, -0.1) is 11.3 Å². The first-order valence-corrected chi connectivity index (χ1v) is 12.7. The number of thioether (sulfide) groups is 1. The number of fused-ring (bicyclic) bond motifs is 1. The third-order valence-corrected chi connectivity index (χ3v) is 7.68. The van der Waals surface area contributed by atoms with E-state index in [1.165, 1.54) is 35.2 Å². The number of amides is 1. The number of carbonyl (C=O) groups is 1. The molecule has 0 spiro atoms. The molecule has 3 aromatic heterocycles. The highest BCUT2D eigenvalue weighted by Gasteiger charge is 2.20. The maximum atomic E-state index is 13.6. The molecule has 4 aromatic rings. The molecule has 0 fully saturated rings. The SMILES string of the molecule is CCN(Cc1cccc(F)c1)C(=O)CSc1nc2sc(C)c(C)c2c(=O)n1Cc1ccccn1. The molecule has 1 amide bonds. The van der Waals surface area contributed by atoms with E-state index < -0.39 is 0 Å². The van der Waals surface area contributed by atoms with E-state index in [0.29, 0.717) is 28.5 Å². The normalized spacial score (nSPS) is 11.2. The van der Waals surface area contributed by atoms with Gasteiger partial charge in [-0.1, -0.05) is 30.0 Å². The van der Waals surface area contributed by atoms with Crippen LogP contribution in [-0.2, 0) is 17.9 Å². The van der Waals surface area contributed by atoms with Gasteiger partial charge >= 0.3 is 0 Å². The zero-order valence-corrected chi connectivity index (χ0v) is 20.9. The van der Waals surface area contributed by atoms with Gasteiger partial charge in [-0.2, -0.15) is 0 Å². The molecule has 0 unspecified atom stereocenters. The predicted octanol–water partition coefficient (Wildman–Crippen LogP) is 4.80. The van der Waals surface area contributed by atoms with Crippen LogP contribution in [-0.4, -0.2) is 37.6 Å². The molecule has 0 saturated heterocycles. The maximum absolute atomic E-state index is 13.6. The second-order valence-corrected chi connectivity index (χ2v) is 10.0. The van der Waals surface area contributed by atoms with Crippen LogP contribution in [0.3, 0.4) is 0 Å². The molecule has 1 aromatic carbocycles. The first-order chi connectivity index (χ1) is 16.4. The van der Waals surface area contributed by atoms with E-state index in [2.05, 4.69) is 4.98 Å². The quantitative estimate of drug-likeness (QED) is 0.259. The van der Waals surface area contributed by atoms with Crippen molar-refractivity contribution in [3.8, 4) is 0 Å². The number of benzene rings is 1. The van der Waals surface area contributed by atoms with Gasteiger partial charge in [0, 0.05) is 24.2 Å². The van der Waals surface area contributed by atoms with Crippen LogP contribution in [0.2, 0.25) is 0 Å². The van der Waals surface area contributed by atoms with Crippen LogP contribution in [0.1, 0.15) is 28.6 Å². The predicted molar refractivity (Wildman–Crippen MR) is 135 cm³/mol. The standard InChI is InChI=1S/C25H25FN4O2S2/c1-4-29(13-18-8-7-9-19(26)12-18)21(31)15-33-25-28-23-22(16(2)17(3)34-23)24(32)30(25)14-20-10-5-6-11-27-20/h5-12H,4,13-15H2,1-3H3. The molecule has 6 nitrogen and oxygen atoms in total. The fraction of sp³-hybridized carbons (Fsp3) is 0.280. The number of rotatable bonds is 8. The van der Waals surface area contributed by atoms with Gasteiger partial charge in [0.1, 0.15) is 10.6 Å². The molecule has 176 valence electrons. The monoisotopic (exact) mass is 496 g/mol. The summed E-state index contributed by atoms with van der Waals surface area (Å²) in [7, 11) is 0. The zero-order chi connectivity index (χ0) is 24.2. The first kappa shape index (κ1) is 24.1. The van der Waals surface area contributed by atoms with E-state index in [-0.39, 0.29) is 29.6 Å². The van der Waals surface area contributed by atoms with Crippen molar-refractivity contribution in [2.45, 2.75) is 39.0 Å². The molecular weight excluding hydrogens is 471 g/mol. The van der Waals surface area contributed by atoms with E-state index in [1.54, 1.807) is 27.8 Å². The van der Waals surface area contributed by atoms with E-state index in [0.717, 1.165) is 21.7 Å². The average molecular weight is 497 g/mol. The van der Waals surface area contributed by atoms with Crippen LogP contribution in [0.4, 0.5) is 4.39 Å². The highest BCUT2D eigenvalue weighted by molar-refractivity contribution is 7.99. The topological polar surface area (TPSA) is 68.1 Å². The number of hydrogen-bond donors (Lipinski definition) is 0. The van der Waals surface area contributed by atoms with Gasteiger partial charge in [0.05, 0.1) is 23.4 Å². The lowest BCUT2D eigenvalue weighted by molar-refractivity contribution is -0.128. The number of pyridine rings is 1. The van der Waals surface area contributed by atoms with Gasteiger partial charge < -0.3 is 4.90 Å². The Morgan fingerprint density at radius 1 is 1.21 bits per heavy atom. The Morgan fingerprint density at radius 2 is 2.03 bits per heavy atom. The minimum atomic E-state index is -0.326. The molecule has 0 aliphatic rings. The molecule has 0 aliphatic carbocycles. The maximum Gasteiger partial charge on any atom is 0.263 e. The molecular formula is C25H25FN4O2S2. The summed E-state index contributed by atoms with van der Waals surface area (Å²) in [6, 6.07) is 11.8. The zero-order valence-electron chi connectivity index (χ0n) is 19.2. The number of aryl methyl sites for hydroxylation is 2. The Morgan fingerprint density at radius 3 is 2.74 bits per heavy atom. The second kappa shape index (κ2) is 10.5.